The van der Waals surface area contributed by atoms with E-state index in [9.17, 15) is 8.42 Å². The van der Waals surface area contributed by atoms with E-state index < -0.39 is 10.0 Å². The van der Waals surface area contributed by atoms with Crippen LogP contribution in [-0.2, 0) is 14.8 Å². The molecule has 0 unspecified atom stereocenters. The van der Waals surface area contributed by atoms with Crippen LogP contribution in [0.3, 0.4) is 0 Å². The topological polar surface area (TPSA) is 75.6 Å². The molecule has 0 radical (unpaired) electrons. The molecule has 0 aromatic carbocycles. The predicted octanol–water partition coefficient (Wildman–Crippen LogP) is 0.0241. The van der Waals surface area contributed by atoms with Crippen LogP contribution in [-0.4, -0.2) is 67.1 Å². The number of anilines is 1. The van der Waals surface area contributed by atoms with E-state index in [0.29, 0.717) is 26.2 Å². The third-order valence-corrected chi connectivity index (χ3v) is 5.92. The summed E-state index contributed by atoms with van der Waals surface area (Å²) in [7, 11) is -3.18. The Bertz CT molecular complexity index is 604. The quantitative estimate of drug-likeness (QED) is 0.783. The lowest BCUT2D eigenvalue weighted by Crippen LogP contribution is -2.51. The Kier molecular flexibility index (Phi) is 3.85. The Morgan fingerprint density at radius 3 is 2.81 bits per heavy atom. The van der Waals surface area contributed by atoms with E-state index in [1.807, 2.05) is 19.1 Å². The molecule has 2 aliphatic heterocycles. The van der Waals surface area contributed by atoms with Crippen molar-refractivity contribution in [2.45, 2.75) is 26.0 Å². The summed E-state index contributed by atoms with van der Waals surface area (Å²) >= 11 is 0. The molecule has 0 aliphatic carbocycles. The molecule has 1 aromatic heterocycles. The maximum atomic E-state index is 12.1. The van der Waals surface area contributed by atoms with Crippen molar-refractivity contribution in [3.05, 3.63) is 17.8 Å². The van der Waals surface area contributed by atoms with Gasteiger partial charge in [0.1, 0.15) is 0 Å². The van der Waals surface area contributed by atoms with Crippen molar-refractivity contribution in [3.63, 3.8) is 0 Å². The Morgan fingerprint density at radius 1 is 1.33 bits per heavy atom. The highest BCUT2D eigenvalue weighted by molar-refractivity contribution is 7.89. The lowest BCUT2D eigenvalue weighted by Gasteiger charge is -2.37. The lowest BCUT2D eigenvalue weighted by molar-refractivity contribution is 0.0328. The molecule has 0 spiro atoms. The van der Waals surface area contributed by atoms with Crippen molar-refractivity contribution in [1.82, 2.24) is 14.5 Å². The molecule has 2 fully saturated rings. The van der Waals surface area contributed by atoms with Gasteiger partial charge in [-0.15, -0.1) is 5.10 Å². The third-order valence-electron chi connectivity index (χ3n) is 4.10. The van der Waals surface area contributed by atoms with Crippen LogP contribution in [0.2, 0.25) is 0 Å². The number of ether oxygens (including phenoxy) is 1. The number of morpholine rings is 1. The minimum Gasteiger partial charge on any atom is -0.373 e. The van der Waals surface area contributed by atoms with Gasteiger partial charge < -0.3 is 9.64 Å². The summed E-state index contributed by atoms with van der Waals surface area (Å²) in [6.07, 6.45) is -0.0943. The Labute approximate surface area is 125 Å². The van der Waals surface area contributed by atoms with E-state index >= 15 is 0 Å². The Hall–Kier alpha value is -1.25. The monoisotopic (exact) mass is 312 g/mol. The van der Waals surface area contributed by atoms with Gasteiger partial charge in [0.2, 0.25) is 10.0 Å². The van der Waals surface area contributed by atoms with Crippen LogP contribution < -0.4 is 4.90 Å². The van der Waals surface area contributed by atoms with E-state index in [4.69, 9.17) is 4.74 Å². The van der Waals surface area contributed by atoms with Crippen LogP contribution in [0.1, 0.15) is 12.6 Å². The van der Waals surface area contributed by atoms with Gasteiger partial charge in [-0.05, 0) is 26.0 Å². The second kappa shape index (κ2) is 5.51. The Balaban J connectivity index is 1.83. The van der Waals surface area contributed by atoms with Crippen LogP contribution in [0.5, 0.6) is 0 Å². The zero-order chi connectivity index (χ0) is 15.0. The number of aryl methyl sites for hydroxylation is 1. The summed E-state index contributed by atoms with van der Waals surface area (Å²) in [4.78, 5) is 2.12. The number of aromatic nitrogens is 2. The van der Waals surface area contributed by atoms with Crippen molar-refractivity contribution in [3.8, 4) is 0 Å². The zero-order valence-corrected chi connectivity index (χ0v) is 13.1. The normalized spacial score (nSPS) is 26.9. The first-order valence-electron chi connectivity index (χ1n) is 7.17. The summed E-state index contributed by atoms with van der Waals surface area (Å²) in [5.41, 5.74) is 0.866. The highest BCUT2D eigenvalue weighted by atomic mass is 32.2. The van der Waals surface area contributed by atoms with Crippen LogP contribution in [0.15, 0.2) is 12.1 Å². The van der Waals surface area contributed by atoms with Gasteiger partial charge >= 0.3 is 0 Å². The molecule has 21 heavy (non-hydrogen) atoms. The molecule has 0 amide bonds. The van der Waals surface area contributed by atoms with E-state index in [2.05, 4.69) is 15.1 Å². The average Bonchev–Trinajstić information content (AvgIpc) is 2.93. The highest BCUT2D eigenvalue weighted by Gasteiger charge is 2.44. The number of sulfonamides is 1. The van der Waals surface area contributed by atoms with E-state index in [-0.39, 0.29) is 17.9 Å². The summed E-state index contributed by atoms with van der Waals surface area (Å²) in [5, 5.41) is 8.31. The van der Waals surface area contributed by atoms with E-state index in [0.717, 1.165) is 11.5 Å². The van der Waals surface area contributed by atoms with Crippen molar-refractivity contribution in [2.24, 2.45) is 0 Å². The minimum absolute atomic E-state index is 0.0112. The molecular weight excluding hydrogens is 292 g/mol. The first-order chi connectivity index (χ1) is 10.0. The van der Waals surface area contributed by atoms with Gasteiger partial charge in [-0.25, -0.2) is 8.42 Å². The largest absolute Gasteiger partial charge is 0.373 e. The fraction of sp³-hybridized carbons (Fsp3) is 0.692. The van der Waals surface area contributed by atoms with Gasteiger partial charge in [0.25, 0.3) is 0 Å². The average molecular weight is 312 g/mol. The second-order valence-corrected chi connectivity index (χ2v) is 7.68. The van der Waals surface area contributed by atoms with Crippen molar-refractivity contribution >= 4 is 15.8 Å². The Morgan fingerprint density at radius 2 is 2.14 bits per heavy atom. The standard InChI is InChI=1S/C13H20N4O3S/c1-3-21(18,19)16-8-11-12(9-16)20-7-6-17(11)13-5-4-10(2)14-15-13/h4-5,11-12H,3,6-9H2,1-2H3/t11-,12+/m0/s1. The smallest absolute Gasteiger partial charge is 0.213 e. The number of rotatable bonds is 3. The molecular formula is C13H20N4O3S. The van der Waals surface area contributed by atoms with Gasteiger partial charge in [0.05, 0.1) is 30.2 Å². The molecule has 1 aromatic rings. The highest BCUT2D eigenvalue weighted by Crippen LogP contribution is 2.28. The van der Waals surface area contributed by atoms with Crippen molar-refractivity contribution in [2.75, 3.05) is 36.9 Å². The van der Waals surface area contributed by atoms with Gasteiger partial charge in [-0.1, -0.05) is 0 Å². The fourth-order valence-electron chi connectivity index (χ4n) is 2.89. The summed E-state index contributed by atoms with van der Waals surface area (Å²) < 4.78 is 31.4. The maximum absolute atomic E-state index is 12.1. The molecule has 2 atom stereocenters. The number of hydrogen-bond acceptors (Lipinski definition) is 6. The molecule has 0 bridgehead atoms. The second-order valence-electron chi connectivity index (χ2n) is 5.42. The van der Waals surface area contributed by atoms with Gasteiger partial charge in [-0.2, -0.15) is 9.40 Å². The first-order valence-corrected chi connectivity index (χ1v) is 8.78. The van der Waals surface area contributed by atoms with Gasteiger partial charge in [-0.3, -0.25) is 0 Å². The molecule has 3 heterocycles. The summed E-state index contributed by atoms with van der Waals surface area (Å²) in [6.45, 7) is 5.73. The molecule has 7 nitrogen and oxygen atoms in total. The number of hydrogen-bond donors (Lipinski definition) is 0. The number of nitrogens with zero attached hydrogens (tertiary/aromatic N) is 4. The van der Waals surface area contributed by atoms with E-state index in [1.54, 1.807) is 6.92 Å². The zero-order valence-electron chi connectivity index (χ0n) is 12.3. The number of fused-ring (bicyclic) bond motifs is 1. The predicted molar refractivity (Wildman–Crippen MR) is 78.7 cm³/mol. The SMILES string of the molecule is CCS(=O)(=O)N1C[C@H]2OCCN(c3ccc(C)nn3)[C@H]2C1. The lowest BCUT2D eigenvalue weighted by atomic mass is 10.1. The third kappa shape index (κ3) is 2.75. The molecule has 8 heteroatoms. The van der Waals surface area contributed by atoms with Crippen molar-refractivity contribution < 1.29 is 13.2 Å². The van der Waals surface area contributed by atoms with Crippen LogP contribution in [0, 0.1) is 6.92 Å². The van der Waals surface area contributed by atoms with Crippen LogP contribution in [0.4, 0.5) is 5.82 Å². The molecule has 116 valence electrons. The molecule has 0 N–H and O–H groups in total. The van der Waals surface area contributed by atoms with Crippen LogP contribution >= 0.6 is 0 Å². The summed E-state index contributed by atoms with van der Waals surface area (Å²) in [6, 6.07) is 3.86. The maximum Gasteiger partial charge on any atom is 0.213 e. The molecule has 2 saturated heterocycles. The van der Waals surface area contributed by atoms with Gasteiger partial charge in [0, 0.05) is 19.6 Å². The van der Waals surface area contributed by atoms with E-state index in [1.165, 1.54) is 4.31 Å². The minimum atomic E-state index is -3.18. The van der Waals surface area contributed by atoms with Crippen LogP contribution in [0.25, 0.3) is 0 Å². The fourth-order valence-corrected chi connectivity index (χ4v) is 4.01. The summed E-state index contributed by atoms with van der Waals surface area (Å²) in [5.74, 6) is 0.909. The molecule has 2 aliphatic rings. The first kappa shape index (κ1) is 14.7. The van der Waals surface area contributed by atoms with Gasteiger partial charge in [0.15, 0.2) is 5.82 Å². The van der Waals surface area contributed by atoms with Crippen molar-refractivity contribution in [1.29, 1.82) is 0 Å². The molecule has 0 saturated carbocycles. The molecule has 3 rings (SSSR count).